The first kappa shape index (κ1) is 16.9. The van der Waals surface area contributed by atoms with Crippen LogP contribution in [0.4, 0.5) is 0 Å². The van der Waals surface area contributed by atoms with Crippen molar-refractivity contribution in [2.45, 2.75) is 72.3 Å². The van der Waals surface area contributed by atoms with Gasteiger partial charge in [-0.3, -0.25) is 0 Å². The van der Waals surface area contributed by atoms with Crippen molar-refractivity contribution < 1.29 is 4.74 Å². The highest BCUT2D eigenvalue weighted by molar-refractivity contribution is 4.74. The predicted molar refractivity (Wildman–Crippen MR) is 76.5 cm³/mol. The fourth-order valence-electron chi connectivity index (χ4n) is 2.15. The lowest BCUT2D eigenvalue weighted by molar-refractivity contribution is -0.0360. The van der Waals surface area contributed by atoms with Crippen molar-refractivity contribution in [3.05, 3.63) is 0 Å². The summed E-state index contributed by atoms with van der Waals surface area (Å²) in [4.78, 5) is 0. The molecule has 0 saturated heterocycles. The molecule has 1 N–H and O–H groups in total. The SMILES string of the molecule is CCCC(C)(CC)CCOC(C)(C)CCNC. The second kappa shape index (κ2) is 8.10. The molecule has 0 aromatic heterocycles. The Labute approximate surface area is 109 Å². The molecule has 0 radical (unpaired) electrons. The molecule has 0 heterocycles. The van der Waals surface area contributed by atoms with Gasteiger partial charge >= 0.3 is 0 Å². The summed E-state index contributed by atoms with van der Waals surface area (Å²) in [5.41, 5.74) is 0.470. The molecule has 1 unspecified atom stereocenters. The van der Waals surface area contributed by atoms with Crippen LogP contribution in [0.5, 0.6) is 0 Å². The molecule has 104 valence electrons. The largest absolute Gasteiger partial charge is 0.376 e. The van der Waals surface area contributed by atoms with Crippen molar-refractivity contribution in [1.29, 1.82) is 0 Å². The molecule has 0 aromatic carbocycles. The van der Waals surface area contributed by atoms with Gasteiger partial charge in [0.2, 0.25) is 0 Å². The van der Waals surface area contributed by atoms with E-state index in [1.807, 2.05) is 7.05 Å². The van der Waals surface area contributed by atoms with E-state index in [0.29, 0.717) is 5.41 Å². The van der Waals surface area contributed by atoms with Crippen molar-refractivity contribution in [3.63, 3.8) is 0 Å². The maximum absolute atomic E-state index is 6.04. The first-order chi connectivity index (χ1) is 7.89. The summed E-state index contributed by atoms with van der Waals surface area (Å²) >= 11 is 0. The molecular formula is C15H33NO. The van der Waals surface area contributed by atoms with Crippen molar-refractivity contribution in [3.8, 4) is 0 Å². The Kier molecular flexibility index (Phi) is 8.06. The number of hydrogen-bond donors (Lipinski definition) is 1. The minimum absolute atomic E-state index is 0.00385. The molecule has 0 aromatic rings. The van der Waals surface area contributed by atoms with E-state index in [1.165, 1.54) is 25.7 Å². The van der Waals surface area contributed by atoms with E-state index < -0.39 is 0 Å². The molecule has 0 aliphatic heterocycles. The molecule has 0 spiro atoms. The van der Waals surface area contributed by atoms with Crippen molar-refractivity contribution in [2.24, 2.45) is 5.41 Å². The van der Waals surface area contributed by atoms with Gasteiger partial charge < -0.3 is 10.1 Å². The summed E-state index contributed by atoms with van der Waals surface area (Å²) in [6.45, 7) is 13.2. The molecule has 0 aliphatic rings. The van der Waals surface area contributed by atoms with Gasteiger partial charge in [-0.25, -0.2) is 0 Å². The zero-order chi connectivity index (χ0) is 13.4. The number of nitrogens with one attached hydrogen (secondary N) is 1. The molecule has 1 atom stereocenters. The molecule has 0 bridgehead atoms. The van der Waals surface area contributed by atoms with Crippen LogP contribution >= 0.6 is 0 Å². The van der Waals surface area contributed by atoms with Gasteiger partial charge in [-0.2, -0.15) is 0 Å². The summed E-state index contributed by atoms with van der Waals surface area (Å²) in [5, 5.41) is 3.18. The van der Waals surface area contributed by atoms with Gasteiger partial charge in [-0.1, -0.05) is 33.6 Å². The van der Waals surface area contributed by atoms with Crippen LogP contribution in [0.3, 0.4) is 0 Å². The zero-order valence-electron chi connectivity index (χ0n) is 12.9. The Morgan fingerprint density at radius 2 is 1.65 bits per heavy atom. The van der Waals surface area contributed by atoms with E-state index in [-0.39, 0.29) is 5.60 Å². The highest BCUT2D eigenvalue weighted by Gasteiger charge is 2.23. The predicted octanol–water partition coefficient (Wildman–Crippen LogP) is 4.00. The first-order valence-electron chi connectivity index (χ1n) is 7.17. The molecule has 0 fully saturated rings. The van der Waals surface area contributed by atoms with E-state index >= 15 is 0 Å². The van der Waals surface area contributed by atoms with Gasteiger partial charge in [-0.05, 0) is 52.1 Å². The summed E-state index contributed by atoms with van der Waals surface area (Å²) in [7, 11) is 1.99. The standard InChI is InChI=1S/C15H33NO/c1-7-9-15(5,8-2)11-13-17-14(3,4)10-12-16-6/h16H,7-13H2,1-6H3. The summed E-state index contributed by atoms with van der Waals surface area (Å²) in [5.74, 6) is 0. The third-order valence-electron chi connectivity index (χ3n) is 3.88. The normalized spacial score (nSPS) is 15.9. The average molecular weight is 243 g/mol. The van der Waals surface area contributed by atoms with Crippen LogP contribution in [0.15, 0.2) is 0 Å². The third kappa shape index (κ3) is 7.77. The minimum atomic E-state index is 0.00385. The Bertz CT molecular complexity index is 191. The second-order valence-electron chi connectivity index (χ2n) is 6.13. The Balaban J connectivity index is 3.94. The average Bonchev–Trinajstić information content (AvgIpc) is 2.26. The molecule has 0 saturated carbocycles. The monoisotopic (exact) mass is 243 g/mol. The van der Waals surface area contributed by atoms with Crippen LogP contribution in [-0.2, 0) is 4.74 Å². The van der Waals surface area contributed by atoms with E-state index in [2.05, 4.69) is 39.9 Å². The van der Waals surface area contributed by atoms with Crippen LogP contribution in [0.2, 0.25) is 0 Å². The van der Waals surface area contributed by atoms with Gasteiger partial charge in [0.25, 0.3) is 0 Å². The van der Waals surface area contributed by atoms with Gasteiger partial charge in [0.1, 0.15) is 0 Å². The van der Waals surface area contributed by atoms with E-state index in [0.717, 1.165) is 19.6 Å². The Morgan fingerprint density at radius 3 is 2.12 bits per heavy atom. The van der Waals surface area contributed by atoms with Crippen LogP contribution < -0.4 is 5.32 Å². The number of ether oxygens (including phenoxy) is 1. The van der Waals surface area contributed by atoms with Crippen LogP contribution in [0.1, 0.15) is 66.7 Å². The second-order valence-corrected chi connectivity index (χ2v) is 6.13. The topological polar surface area (TPSA) is 21.3 Å². The van der Waals surface area contributed by atoms with Gasteiger partial charge in [0.05, 0.1) is 5.60 Å². The van der Waals surface area contributed by atoms with Crippen LogP contribution in [-0.4, -0.2) is 25.8 Å². The van der Waals surface area contributed by atoms with Crippen LogP contribution in [0, 0.1) is 5.41 Å². The molecular weight excluding hydrogens is 210 g/mol. The molecule has 0 amide bonds. The number of hydrogen-bond acceptors (Lipinski definition) is 2. The summed E-state index contributed by atoms with van der Waals surface area (Å²) in [6, 6.07) is 0. The first-order valence-corrected chi connectivity index (χ1v) is 7.17. The fraction of sp³-hybridized carbons (Fsp3) is 1.00. The lowest BCUT2D eigenvalue weighted by Gasteiger charge is -2.31. The molecule has 2 heteroatoms. The highest BCUT2D eigenvalue weighted by atomic mass is 16.5. The maximum atomic E-state index is 6.04. The van der Waals surface area contributed by atoms with Gasteiger partial charge in [0, 0.05) is 6.61 Å². The molecule has 17 heavy (non-hydrogen) atoms. The van der Waals surface area contributed by atoms with Gasteiger partial charge in [-0.15, -0.1) is 0 Å². The van der Waals surface area contributed by atoms with Crippen molar-refractivity contribution in [2.75, 3.05) is 20.2 Å². The fourth-order valence-corrected chi connectivity index (χ4v) is 2.15. The zero-order valence-corrected chi connectivity index (χ0v) is 12.9. The highest BCUT2D eigenvalue weighted by Crippen LogP contribution is 2.32. The molecule has 2 nitrogen and oxygen atoms in total. The molecule has 0 rings (SSSR count). The van der Waals surface area contributed by atoms with Crippen molar-refractivity contribution >= 4 is 0 Å². The van der Waals surface area contributed by atoms with Crippen LogP contribution in [0.25, 0.3) is 0 Å². The van der Waals surface area contributed by atoms with E-state index in [1.54, 1.807) is 0 Å². The summed E-state index contributed by atoms with van der Waals surface area (Å²) < 4.78 is 6.04. The maximum Gasteiger partial charge on any atom is 0.0638 e. The lowest BCUT2D eigenvalue weighted by Crippen LogP contribution is -2.30. The smallest absolute Gasteiger partial charge is 0.0638 e. The van der Waals surface area contributed by atoms with E-state index in [9.17, 15) is 0 Å². The Morgan fingerprint density at radius 1 is 1.00 bits per heavy atom. The molecule has 0 aliphatic carbocycles. The number of rotatable bonds is 10. The third-order valence-corrected chi connectivity index (χ3v) is 3.88. The quantitative estimate of drug-likeness (QED) is 0.626. The van der Waals surface area contributed by atoms with Crippen molar-refractivity contribution in [1.82, 2.24) is 5.32 Å². The van der Waals surface area contributed by atoms with Gasteiger partial charge in [0.15, 0.2) is 0 Å². The Hall–Kier alpha value is -0.0800. The lowest BCUT2D eigenvalue weighted by atomic mass is 9.80. The minimum Gasteiger partial charge on any atom is -0.376 e. The van der Waals surface area contributed by atoms with E-state index in [4.69, 9.17) is 4.74 Å². The summed E-state index contributed by atoms with van der Waals surface area (Å²) in [6.07, 6.45) is 6.08.